The topological polar surface area (TPSA) is 29.5 Å². The number of benzene rings is 1. The molecule has 0 bridgehead atoms. The number of methoxy groups -OCH3 is 1. The summed E-state index contributed by atoms with van der Waals surface area (Å²) in [6, 6.07) is 7.84. The van der Waals surface area contributed by atoms with Crippen molar-refractivity contribution in [1.82, 2.24) is 4.90 Å². The van der Waals surface area contributed by atoms with E-state index in [1.807, 2.05) is 29.2 Å². The maximum absolute atomic E-state index is 12.1. The Bertz CT molecular complexity index is 419. The molecule has 19 heavy (non-hydrogen) atoms. The van der Waals surface area contributed by atoms with Gasteiger partial charge in [0, 0.05) is 18.0 Å². The van der Waals surface area contributed by atoms with Crippen LogP contribution in [0.15, 0.2) is 29.2 Å². The van der Waals surface area contributed by atoms with Crippen molar-refractivity contribution >= 4 is 17.7 Å². The van der Waals surface area contributed by atoms with Crippen LogP contribution in [0, 0.1) is 5.92 Å². The molecule has 4 heteroatoms. The van der Waals surface area contributed by atoms with E-state index in [0.717, 1.165) is 30.2 Å². The smallest absolute Gasteiger partial charge is 0.232 e. The van der Waals surface area contributed by atoms with Crippen molar-refractivity contribution in [3.05, 3.63) is 24.3 Å². The Kier molecular flexibility index (Phi) is 5.14. The van der Waals surface area contributed by atoms with Crippen molar-refractivity contribution in [2.45, 2.75) is 24.7 Å². The molecule has 1 aliphatic heterocycles. The standard InChI is InChI=1S/C15H21NO2S/c1-12-4-3-9-16(10-12)15(17)11-19-14-7-5-13(18-2)6-8-14/h5-8,12H,3-4,9-11H2,1-2H3/t12-/m0/s1. The molecule has 0 spiro atoms. The van der Waals surface area contributed by atoms with E-state index >= 15 is 0 Å². The Labute approximate surface area is 119 Å². The lowest BCUT2D eigenvalue weighted by molar-refractivity contribution is -0.130. The van der Waals surface area contributed by atoms with Crippen LogP contribution >= 0.6 is 11.8 Å². The molecule has 0 saturated carbocycles. The molecule has 1 saturated heterocycles. The number of hydrogen-bond acceptors (Lipinski definition) is 3. The lowest BCUT2D eigenvalue weighted by Gasteiger charge is -2.30. The second-order valence-electron chi connectivity index (χ2n) is 5.05. The third-order valence-electron chi connectivity index (χ3n) is 3.43. The number of rotatable bonds is 4. The summed E-state index contributed by atoms with van der Waals surface area (Å²) in [5.41, 5.74) is 0. The van der Waals surface area contributed by atoms with Crippen LogP contribution in [-0.4, -0.2) is 36.8 Å². The summed E-state index contributed by atoms with van der Waals surface area (Å²) in [4.78, 5) is 15.2. The highest BCUT2D eigenvalue weighted by Gasteiger charge is 2.20. The SMILES string of the molecule is COc1ccc(SCC(=O)N2CCC[C@H](C)C2)cc1. The van der Waals surface area contributed by atoms with Gasteiger partial charge in [-0.15, -0.1) is 11.8 Å². The van der Waals surface area contributed by atoms with E-state index in [0.29, 0.717) is 11.7 Å². The fraction of sp³-hybridized carbons (Fsp3) is 0.533. The molecular weight excluding hydrogens is 258 g/mol. The predicted molar refractivity (Wildman–Crippen MR) is 78.7 cm³/mol. The maximum Gasteiger partial charge on any atom is 0.232 e. The van der Waals surface area contributed by atoms with E-state index in [4.69, 9.17) is 4.74 Å². The van der Waals surface area contributed by atoms with Crippen LogP contribution in [0.3, 0.4) is 0 Å². The first-order chi connectivity index (χ1) is 9.19. The Morgan fingerprint density at radius 2 is 2.16 bits per heavy atom. The average Bonchev–Trinajstić information content (AvgIpc) is 2.45. The average molecular weight is 279 g/mol. The Morgan fingerprint density at radius 3 is 2.79 bits per heavy atom. The van der Waals surface area contributed by atoms with Gasteiger partial charge in [-0.2, -0.15) is 0 Å². The normalized spacial score (nSPS) is 19.3. The summed E-state index contributed by atoms with van der Waals surface area (Å²) in [5.74, 6) is 2.27. The van der Waals surface area contributed by atoms with E-state index in [9.17, 15) is 4.79 Å². The second-order valence-corrected chi connectivity index (χ2v) is 6.10. The molecule has 3 nitrogen and oxygen atoms in total. The van der Waals surface area contributed by atoms with Crippen molar-refractivity contribution in [3.8, 4) is 5.75 Å². The minimum Gasteiger partial charge on any atom is -0.497 e. The summed E-state index contributed by atoms with van der Waals surface area (Å²) in [5, 5.41) is 0. The summed E-state index contributed by atoms with van der Waals surface area (Å²) in [7, 11) is 1.66. The van der Waals surface area contributed by atoms with Crippen molar-refractivity contribution in [3.63, 3.8) is 0 Å². The summed E-state index contributed by atoms with van der Waals surface area (Å²) in [6.07, 6.45) is 2.38. The minimum atomic E-state index is 0.257. The summed E-state index contributed by atoms with van der Waals surface area (Å²) >= 11 is 1.60. The van der Waals surface area contributed by atoms with Gasteiger partial charge in [-0.1, -0.05) is 6.92 Å². The highest BCUT2D eigenvalue weighted by molar-refractivity contribution is 8.00. The molecule has 0 radical (unpaired) electrons. The van der Waals surface area contributed by atoms with Gasteiger partial charge in [0.1, 0.15) is 5.75 Å². The molecule has 1 amide bonds. The molecule has 1 heterocycles. The second kappa shape index (κ2) is 6.85. The lowest BCUT2D eigenvalue weighted by Crippen LogP contribution is -2.40. The van der Waals surface area contributed by atoms with Crippen molar-refractivity contribution in [2.24, 2.45) is 5.92 Å². The van der Waals surface area contributed by atoms with Crippen LogP contribution in [0.1, 0.15) is 19.8 Å². The molecule has 1 aliphatic rings. The van der Waals surface area contributed by atoms with E-state index in [1.54, 1.807) is 18.9 Å². The molecule has 1 aromatic carbocycles. The first-order valence-electron chi connectivity index (χ1n) is 6.73. The van der Waals surface area contributed by atoms with E-state index < -0.39 is 0 Å². The Morgan fingerprint density at radius 1 is 1.42 bits per heavy atom. The third kappa shape index (κ3) is 4.16. The molecule has 0 aliphatic carbocycles. The molecule has 0 N–H and O–H groups in total. The van der Waals surface area contributed by atoms with Crippen LogP contribution < -0.4 is 4.74 Å². The van der Waals surface area contributed by atoms with Gasteiger partial charge in [-0.3, -0.25) is 4.79 Å². The summed E-state index contributed by atoms with van der Waals surface area (Å²) in [6.45, 7) is 4.06. The molecular formula is C15H21NO2S. The van der Waals surface area contributed by atoms with Crippen LogP contribution in [0.25, 0.3) is 0 Å². The van der Waals surface area contributed by atoms with Gasteiger partial charge >= 0.3 is 0 Å². The highest BCUT2D eigenvalue weighted by Crippen LogP contribution is 2.23. The predicted octanol–water partition coefficient (Wildman–Crippen LogP) is 3.05. The van der Waals surface area contributed by atoms with Gasteiger partial charge in [-0.05, 0) is 43.0 Å². The largest absolute Gasteiger partial charge is 0.497 e. The zero-order valence-corrected chi connectivity index (χ0v) is 12.4. The van der Waals surface area contributed by atoms with Gasteiger partial charge in [0.05, 0.1) is 12.9 Å². The van der Waals surface area contributed by atoms with Crippen molar-refractivity contribution < 1.29 is 9.53 Å². The zero-order chi connectivity index (χ0) is 13.7. The molecule has 104 valence electrons. The first-order valence-corrected chi connectivity index (χ1v) is 7.72. The molecule has 1 atom stereocenters. The van der Waals surface area contributed by atoms with E-state index in [2.05, 4.69) is 6.92 Å². The van der Waals surface area contributed by atoms with Gasteiger partial charge in [0.2, 0.25) is 5.91 Å². The maximum atomic E-state index is 12.1. The Balaban J connectivity index is 1.82. The van der Waals surface area contributed by atoms with Gasteiger partial charge in [-0.25, -0.2) is 0 Å². The number of likely N-dealkylation sites (tertiary alicyclic amines) is 1. The molecule has 1 fully saturated rings. The van der Waals surface area contributed by atoms with Gasteiger partial charge in [0.25, 0.3) is 0 Å². The number of ether oxygens (including phenoxy) is 1. The van der Waals surface area contributed by atoms with Crippen LogP contribution in [0.2, 0.25) is 0 Å². The quantitative estimate of drug-likeness (QED) is 0.793. The highest BCUT2D eigenvalue weighted by atomic mass is 32.2. The third-order valence-corrected chi connectivity index (χ3v) is 4.43. The van der Waals surface area contributed by atoms with Crippen LogP contribution in [-0.2, 0) is 4.79 Å². The fourth-order valence-corrected chi connectivity index (χ4v) is 3.13. The first kappa shape index (κ1) is 14.3. The minimum absolute atomic E-state index is 0.257. The van der Waals surface area contributed by atoms with Gasteiger partial charge in [0.15, 0.2) is 0 Å². The summed E-state index contributed by atoms with van der Waals surface area (Å²) < 4.78 is 5.12. The van der Waals surface area contributed by atoms with Gasteiger partial charge < -0.3 is 9.64 Å². The van der Waals surface area contributed by atoms with Crippen molar-refractivity contribution in [1.29, 1.82) is 0 Å². The van der Waals surface area contributed by atoms with E-state index in [1.165, 1.54) is 6.42 Å². The zero-order valence-electron chi connectivity index (χ0n) is 11.6. The molecule has 1 aromatic rings. The monoisotopic (exact) mass is 279 g/mol. The van der Waals surface area contributed by atoms with Crippen LogP contribution in [0.4, 0.5) is 0 Å². The number of thioether (sulfide) groups is 1. The number of piperidine rings is 1. The number of amides is 1. The fourth-order valence-electron chi connectivity index (χ4n) is 2.32. The number of hydrogen-bond donors (Lipinski definition) is 0. The molecule has 2 rings (SSSR count). The number of carbonyl (C=O) groups is 1. The Hall–Kier alpha value is -1.16. The van der Waals surface area contributed by atoms with E-state index in [-0.39, 0.29) is 5.91 Å². The lowest BCUT2D eigenvalue weighted by atomic mass is 10.0. The van der Waals surface area contributed by atoms with Crippen LogP contribution in [0.5, 0.6) is 5.75 Å². The number of nitrogens with zero attached hydrogens (tertiary/aromatic N) is 1. The molecule has 0 aromatic heterocycles. The van der Waals surface area contributed by atoms with Crippen molar-refractivity contribution in [2.75, 3.05) is 26.0 Å². The number of carbonyl (C=O) groups excluding carboxylic acids is 1. The molecule has 0 unspecified atom stereocenters.